The average molecular weight is 432 g/mol. The quantitative estimate of drug-likeness (QED) is 0.299. The van der Waals surface area contributed by atoms with Crippen molar-refractivity contribution in [3.8, 4) is 0 Å². The Kier molecular flexibility index (Phi) is 7.17. The van der Waals surface area contributed by atoms with Crippen molar-refractivity contribution in [1.29, 1.82) is 0 Å². The molecule has 0 fully saturated rings. The van der Waals surface area contributed by atoms with Crippen molar-refractivity contribution < 1.29 is 28.8 Å². The van der Waals surface area contributed by atoms with Crippen molar-refractivity contribution in [1.82, 2.24) is 5.32 Å². The minimum absolute atomic E-state index is 0.0582. The predicted octanol–water partition coefficient (Wildman–Crippen LogP) is 2.50. The van der Waals surface area contributed by atoms with Crippen LogP contribution in [-0.4, -0.2) is 41.2 Å². The summed E-state index contributed by atoms with van der Waals surface area (Å²) in [7, 11) is 1.20. The fourth-order valence-corrected chi connectivity index (χ4v) is 3.17. The highest BCUT2D eigenvalue weighted by molar-refractivity contribution is 7.82. The Hall–Kier alpha value is -3.40. The molecule has 1 N–H and O–H groups in total. The van der Waals surface area contributed by atoms with Crippen LogP contribution in [0.15, 0.2) is 46.8 Å². The number of allylic oxidation sites excluding steroid dienone is 2. The summed E-state index contributed by atoms with van der Waals surface area (Å²) in [5, 5.41) is 14.2. The molecule has 1 aromatic rings. The van der Waals surface area contributed by atoms with Crippen LogP contribution in [0.1, 0.15) is 32.3 Å². The maximum absolute atomic E-state index is 12.9. The van der Waals surface area contributed by atoms with Gasteiger partial charge in [-0.3, -0.25) is 14.9 Å². The molecule has 1 atom stereocenters. The number of hydrogen-bond acceptors (Lipinski definition) is 9. The Labute approximate surface area is 177 Å². The maximum atomic E-state index is 12.9. The smallest absolute Gasteiger partial charge is 0.337 e. The molecule has 2 rings (SSSR count). The van der Waals surface area contributed by atoms with E-state index in [-0.39, 0.29) is 21.7 Å². The van der Waals surface area contributed by atoms with Gasteiger partial charge in [-0.05, 0) is 26.3 Å². The van der Waals surface area contributed by atoms with E-state index < -0.39 is 35.2 Å². The summed E-state index contributed by atoms with van der Waals surface area (Å²) < 4.78 is 10.1. The zero-order valence-electron chi connectivity index (χ0n) is 16.8. The number of non-ortho nitro benzene ring substituents is 1. The minimum atomic E-state index is -0.975. The highest BCUT2D eigenvalue weighted by Crippen LogP contribution is 2.40. The number of dihydropyridines is 1. The van der Waals surface area contributed by atoms with Gasteiger partial charge in [0, 0.05) is 23.5 Å². The third-order valence-corrected chi connectivity index (χ3v) is 4.93. The molecule has 0 aromatic heterocycles. The van der Waals surface area contributed by atoms with E-state index in [1.54, 1.807) is 19.9 Å². The second-order valence-electron chi connectivity index (χ2n) is 6.53. The molecule has 30 heavy (non-hydrogen) atoms. The molecule has 10 heteroatoms. The normalized spacial score (nSPS) is 15.9. The molecule has 9 nitrogen and oxygen atoms in total. The van der Waals surface area contributed by atoms with Gasteiger partial charge in [0.2, 0.25) is 0 Å². The number of ether oxygens (including phenoxy) is 2. The number of carbonyl (C=O) groups excluding carboxylic acids is 3. The van der Waals surface area contributed by atoms with E-state index in [0.29, 0.717) is 17.0 Å². The summed E-state index contributed by atoms with van der Waals surface area (Å²) in [4.78, 5) is 47.3. The molecule has 158 valence electrons. The van der Waals surface area contributed by atoms with E-state index in [1.807, 2.05) is 0 Å². The van der Waals surface area contributed by atoms with E-state index >= 15 is 0 Å². The second kappa shape index (κ2) is 9.40. The van der Waals surface area contributed by atoms with Crippen LogP contribution in [0.4, 0.5) is 5.69 Å². The Balaban J connectivity index is 2.58. The highest BCUT2D eigenvalue weighted by atomic mass is 32.1. The SMILES string of the molecule is COC(=O)C1=C(C)NC(C)=C(C(=O)OCC(=S)C(C)=O)C1c1cccc([N+](=O)[O-])c1. The number of rotatable bonds is 7. The highest BCUT2D eigenvalue weighted by Gasteiger charge is 2.38. The monoisotopic (exact) mass is 432 g/mol. The summed E-state index contributed by atoms with van der Waals surface area (Å²) in [6.07, 6.45) is 0. The zero-order valence-corrected chi connectivity index (χ0v) is 17.6. The van der Waals surface area contributed by atoms with E-state index in [0.717, 1.165) is 0 Å². The zero-order chi connectivity index (χ0) is 22.6. The van der Waals surface area contributed by atoms with Crippen LogP contribution < -0.4 is 5.32 Å². The Morgan fingerprint density at radius 3 is 2.30 bits per heavy atom. The van der Waals surface area contributed by atoms with E-state index in [2.05, 4.69) is 5.32 Å². The number of hydrogen-bond donors (Lipinski definition) is 1. The summed E-state index contributed by atoms with van der Waals surface area (Å²) in [5.41, 5.74) is 1.15. The Bertz CT molecular complexity index is 1010. The average Bonchev–Trinajstić information content (AvgIpc) is 2.70. The molecule has 0 amide bonds. The van der Waals surface area contributed by atoms with Gasteiger partial charge in [-0.1, -0.05) is 24.4 Å². The van der Waals surface area contributed by atoms with Crippen LogP contribution in [0.25, 0.3) is 0 Å². The van der Waals surface area contributed by atoms with Crippen molar-refractivity contribution in [3.63, 3.8) is 0 Å². The molecular formula is C20H20N2O7S. The van der Waals surface area contributed by atoms with Crippen LogP contribution >= 0.6 is 12.2 Å². The van der Waals surface area contributed by atoms with Gasteiger partial charge in [-0.25, -0.2) is 9.59 Å². The van der Waals surface area contributed by atoms with Crippen LogP contribution in [0.5, 0.6) is 0 Å². The van der Waals surface area contributed by atoms with Crippen molar-refractivity contribution in [2.45, 2.75) is 26.7 Å². The molecular weight excluding hydrogens is 412 g/mol. The van der Waals surface area contributed by atoms with Crippen LogP contribution in [0.3, 0.4) is 0 Å². The molecule has 1 heterocycles. The minimum Gasteiger partial charge on any atom is -0.466 e. The fraction of sp³-hybridized carbons (Fsp3) is 0.300. The van der Waals surface area contributed by atoms with E-state index in [4.69, 9.17) is 21.7 Å². The third kappa shape index (κ3) is 4.77. The molecule has 0 aliphatic carbocycles. The van der Waals surface area contributed by atoms with Gasteiger partial charge in [0.25, 0.3) is 5.69 Å². The van der Waals surface area contributed by atoms with Crippen LogP contribution in [0, 0.1) is 10.1 Å². The number of nitrogens with zero attached hydrogens (tertiary/aromatic N) is 1. The fourth-order valence-electron chi connectivity index (χ4n) is 3.11. The first-order valence-corrected chi connectivity index (χ1v) is 9.21. The van der Waals surface area contributed by atoms with Gasteiger partial charge >= 0.3 is 11.9 Å². The van der Waals surface area contributed by atoms with Crippen molar-refractivity contribution >= 4 is 40.5 Å². The van der Waals surface area contributed by atoms with Crippen molar-refractivity contribution in [2.24, 2.45) is 0 Å². The van der Waals surface area contributed by atoms with Crippen LogP contribution in [-0.2, 0) is 23.9 Å². The molecule has 0 radical (unpaired) electrons. The van der Waals surface area contributed by atoms with Gasteiger partial charge in [-0.15, -0.1) is 0 Å². The van der Waals surface area contributed by atoms with E-state index in [9.17, 15) is 24.5 Å². The van der Waals surface area contributed by atoms with E-state index in [1.165, 1.54) is 32.2 Å². The van der Waals surface area contributed by atoms with Crippen LogP contribution in [0.2, 0.25) is 0 Å². The Morgan fingerprint density at radius 1 is 1.17 bits per heavy atom. The topological polar surface area (TPSA) is 125 Å². The molecule has 0 saturated carbocycles. The first-order valence-electron chi connectivity index (χ1n) is 8.80. The standard InChI is InChI=1S/C20H20N2O7S/c1-10-16(19(24)28-4)18(13-6-5-7-14(8-13)22(26)27)17(11(2)21-10)20(25)29-9-15(30)12(3)23/h5-8,18,21H,9H2,1-4H3. The van der Waals surface area contributed by atoms with Gasteiger partial charge in [0.15, 0.2) is 5.78 Å². The van der Waals surface area contributed by atoms with Crippen molar-refractivity contribution in [3.05, 3.63) is 62.5 Å². The van der Waals surface area contributed by atoms with Gasteiger partial charge in [-0.2, -0.15) is 0 Å². The largest absolute Gasteiger partial charge is 0.466 e. The molecule has 1 unspecified atom stereocenters. The van der Waals surface area contributed by atoms with Gasteiger partial charge in [0.05, 0.1) is 34.0 Å². The molecule has 1 aliphatic heterocycles. The number of carbonyl (C=O) groups is 3. The molecule has 0 bridgehead atoms. The van der Waals surface area contributed by atoms with Gasteiger partial charge < -0.3 is 14.8 Å². The molecule has 0 spiro atoms. The third-order valence-electron chi connectivity index (χ3n) is 4.53. The summed E-state index contributed by atoms with van der Waals surface area (Å²) in [5.74, 6) is -2.88. The lowest BCUT2D eigenvalue weighted by molar-refractivity contribution is -0.384. The number of methoxy groups -OCH3 is 1. The van der Waals surface area contributed by atoms with Crippen molar-refractivity contribution in [2.75, 3.05) is 13.7 Å². The first kappa shape index (κ1) is 22.9. The second-order valence-corrected chi connectivity index (χ2v) is 7.03. The molecule has 1 aromatic carbocycles. The maximum Gasteiger partial charge on any atom is 0.337 e. The molecule has 0 saturated heterocycles. The number of nitro benzene ring substituents is 1. The Morgan fingerprint density at radius 2 is 1.77 bits per heavy atom. The summed E-state index contributed by atoms with van der Waals surface area (Å²) in [6.45, 7) is 4.11. The first-order chi connectivity index (χ1) is 14.1. The number of nitro groups is 1. The number of esters is 2. The number of ketones is 1. The number of nitrogens with one attached hydrogen (secondary N) is 1. The summed E-state index contributed by atoms with van der Waals surface area (Å²) in [6, 6.07) is 5.62. The lowest BCUT2D eigenvalue weighted by atomic mass is 9.80. The number of thiocarbonyl (C=S) groups is 1. The predicted molar refractivity (Wildman–Crippen MR) is 111 cm³/mol. The number of benzene rings is 1. The summed E-state index contributed by atoms with van der Waals surface area (Å²) >= 11 is 4.88. The number of Topliss-reactive ketones (excluding diaryl/α,β-unsaturated/α-hetero) is 1. The lowest BCUT2D eigenvalue weighted by Crippen LogP contribution is -2.33. The lowest BCUT2D eigenvalue weighted by Gasteiger charge is -2.30. The van der Waals surface area contributed by atoms with Gasteiger partial charge in [0.1, 0.15) is 6.61 Å². The molecule has 1 aliphatic rings.